The van der Waals surface area contributed by atoms with E-state index in [4.69, 9.17) is 0 Å². The van der Waals surface area contributed by atoms with Gasteiger partial charge < -0.3 is 10.2 Å². The van der Waals surface area contributed by atoms with Gasteiger partial charge in [-0.2, -0.15) is 0 Å². The van der Waals surface area contributed by atoms with Gasteiger partial charge in [-0.1, -0.05) is 17.7 Å². The predicted molar refractivity (Wildman–Crippen MR) is 108 cm³/mol. The van der Waals surface area contributed by atoms with E-state index in [0.29, 0.717) is 31.1 Å². The highest BCUT2D eigenvalue weighted by atomic mass is 32.2. The number of piperidine rings is 1. The summed E-state index contributed by atoms with van der Waals surface area (Å²) in [5, 5.41) is 5.09. The Bertz CT molecular complexity index is 925. The summed E-state index contributed by atoms with van der Waals surface area (Å²) in [5.74, 6) is -0.932. The van der Waals surface area contributed by atoms with Crippen LogP contribution in [0.5, 0.6) is 0 Å². The standard InChI is InChI=1S/C19H23N3O4S2/c1-14-4-6-16(7-5-14)28(25,26)12-8-17(23)22-10-2-3-15(13-22)18(24)21-19-20-9-11-27-19/h4-7,9,11,15H,2-3,8,10,12-13H2,1H3,(H,20,21,24). The zero-order valence-corrected chi connectivity index (χ0v) is 17.3. The van der Waals surface area contributed by atoms with Gasteiger partial charge in [0.1, 0.15) is 0 Å². The van der Waals surface area contributed by atoms with Crippen LogP contribution in [0.4, 0.5) is 5.13 Å². The first kappa shape index (κ1) is 20.5. The number of aromatic nitrogens is 1. The number of likely N-dealkylation sites (tertiary alicyclic amines) is 1. The van der Waals surface area contributed by atoms with E-state index >= 15 is 0 Å². The van der Waals surface area contributed by atoms with Crippen molar-refractivity contribution in [2.75, 3.05) is 24.2 Å². The number of rotatable bonds is 6. The molecule has 150 valence electrons. The van der Waals surface area contributed by atoms with Gasteiger partial charge in [0.15, 0.2) is 15.0 Å². The molecule has 0 spiro atoms. The summed E-state index contributed by atoms with van der Waals surface area (Å²) in [7, 11) is -3.51. The van der Waals surface area contributed by atoms with Crippen LogP contribution < -0.4 is 5.32 Å². The lowest BCUT2D eigenvalue weighted by molar-refractivity contribution is -0.134. The van der Waals surface area contributed by atoms with Crippen LogP contribution in [0.25, 0.3) is 0 Å². The monoisotopic (exact) mass is 421 g/mol. The summed E-state index contributed by atoms with van der Waals surface area (Å²) in [6.07, 6.45) is 2.94. The second kappa shape index (κ2) is 8.83. The van der Waals surface area contributed by atoms with Gasteiger partial charge in [0.25, 0.3) is 0 Å². The number of amides is 2. The van der Waals surface area contributed by atoms with Gasteiger partial charge in [-0.25, -0.2) is 13.4 Å². The summed E-state index contributed by atoms with van der Waals surface area (Å²) in [4.78, 5) is 30.8. The third-order valence-electron chi connectivity index (χ3n) is 4.77. The summed E-state index contributed by atoms with van der Waals surface area (Å²) >= 11 is 1.34. The van der Waals surface area contributed by atoms with Crippen molar-refractivity contribution >= 4 is 38.1 Å². The minimum atomic E-state index is -3.51. The van der Waals surface area contributed by atoms with Gasteiger partial charge in [0.2, 0.25) is 11.8 Å². The molecule has 9 heteroatoms. The fraction of sp³-hybridized carbons (Fsp3) is 0.421. The van der Waals surface area contributed by atoms with Crippen molar-refractivity contribution in [1.82, 2.24) is 9.88 Å². The van der Waals surface area contributed by atoms with Gasteiger partial charge in [0, 0.05) is 31.1 Å². The number of aryl methyl sites for hydroxylation is 1. The lowest BCUT2D eigenvalue weighted by Gasteiger charge is -2.32. The number of benzene rings is 1. The Morgan fingerprint density at radius 2 is 2.04 bits per heavy atom. The number of nitrogens with one attached hydrogen (secondary N) is 1. The molecule has 1 unspecified atom stereocenters. The second-order valence-electron chi connectivity index (χ2n) is 6.89. The van der Waals surface area contributed by atoms with E-state index in [0.717, 1.165) is 5.56 Å². The molecule has 1 atom stereocenters. The fourth-order valence-electron chi connectivity index (χ4n) is 3.15. The molecule has 1 saturated heterocycles. The Labute approximate surface area is 168 Å². The van der Waals surface area contributed by atoms with Crippen LogP contribution in [-0.2, 0) is 19.4 Å². The first-order valence-corrected chi connectivity index (χ1v) is 11.7. The molecule has 0 radical (unpaired) electrons. The predicted octanol–water partition coefficient (Wildman–Crippen LogP) is 2.49. The van der Waals surface area contributed by atoms with Gasteiger partial charge >= 0.3 is 0 Å². The maximum Gasteiger partial charge on any atom is 0.231 e. The molecule has 1 aromatic carbocycles. The summed E-state index contributed by atoms with van der Waals surface area (Å²) in [6.45, 7) is 2.74. The van der Waals surface area contributed by atoms with E-state index in [1.165, 1.54) is 11.3 Å². The normalized spacial score (nSPS) is 17.3. The minimum absolute atomic E-state index is 0.0863. The first-order valence-electron chi connectivity index (χ1n) is 9.13. The number of sulfone groups is 1. The Hall–Kier alpha value is -2.26. The lowest BCUT2D eigenvalue weighted by atomic mass is 9.97. The average Bonchev–Trinajstić information content (AvgIpc) is 3.19. The topological polar surface area (TPSA) is 96.4 Å². The van der Waals surface area contributed by atoms with E-state index in [2.05, 4.69) is 10.3 Å². The third kappa shape index (κ3) is 5.17. The van der Waals surface area contributed by atoms with Crippen LogP contribution in [0.2, 0.25) is 0 Å². The molecule has 1 fully saturated rings. The molecule has 3 rings (SSSR count). The summed E-state index contributed by atoms with van der Waals surface area (Å²) < 4.78 is 24.9. The van der Waals surface area contributed by atoms with Gasteiger partial charge in [-0.05, 0) is 31.9 Å². The number of carbonyl (C=O) groups is 2. The van der Waals surface area contributed by atoms with Crippen molar-refractivity contribution in [3.8, 4) is 0 Å². The fourth-order valence-corrected chi connectivity index (χ4v) is 4.92. The molecule has 1 aliphatic rings. The Morgan fingerprint density at radius 3 is 2.71 bits per heavy atom. The smallest absolute Gasteiger partial charge is 0.231 e. The van der Waals surface area contributed by atoms with Gasteiger partial charge in [-0.15, -0.1) is 11.3 Å². The number of thiazole rings is 1. The molecule has 28 heavy (non-hydrogen) atoms. The first-order chi connectivity index (χ1) is 13.3. The molecule has 0 saturated carbocycles. The van der Waals surface area contributed by atoms with Gasteiger partial charge in [0.05, 0.1) is 16.6 Å². The van der Waals surface area contributed by atoms with Crippen LogP contribution in [0.3, 0.4) is 0 Å². The highest BCUT2D eigenvalue weighted by molar-refractivity contribution is 7.91. The van der Waals surface area contributed by atoms with E-state index in [9.17, 15) is 18.0 Å². The highest BCUT2D eigenvalue weighted by Crippen LogP contribution is 2.21. The van der Waals surface area contributed by atoms with Crippen molar-refractivity contribution in [2.45, 2.75) is 31.1 Å². The van der Waals surface area contributed by atoms with Crippen LogP contribution in [0.1, 0.15) is 24.8 Å². The SMILES string of the molecule is Cc1ccc(S(=O)(=O)CCC(=O)N2CCCC(C(=O)Nc3nccs3)C2)cc1. The zero-order chi connectivity index (χ0) is 20.1. The van der Waals surface area contributed by atoms with Gasteiger partial charge in [-0.3, -0.25) is 9.59 Å². The Balaban J connectivity index is 1.55. The maximum atomic E-state index is 12.5. The summed E-state index contributed by atoms with van der Waals surface area (Å²) in [6, 6.07) is 6.61. The van der Waals surface area contributed by atoms with Crippen molar-refractivity contribution < 1.29 is 18.0 Å². The second-order valence-corrected chi connectivity index (χ2v) is 9.89. The van der Waals surface area contributed by atoms with Crippen LogP contribution in [0, 0.1) is 12.8 Å². The molecule has 7 nitrogen and oxygen atoms in total. The highest BCUT2D eigenvalue weighted by Gasteiger charge is 2.29. The largest absolute Gasteiger partial charge is 0.342 e. The van der Waals surface area contributed by atoms with E-state index in [1.54, 1.807) is 40.7 Å². The van der Waals surface area contributed by atoms with Crippen molar-refractivity contribution in [3.63, 3.8) is 0 Å². The molecular formula is C19H23N3O4S2. The van der Waals surface area contributed by atoms with E-state index in [1.807, 2.05) is 6.92 Å². The maximum absolute atomic E-state index is 12.5. The summed E-state index contributed by atoms with van der Waals surface area (Å²) in [5.41, 5.74) is 0.977. The Morgan fingerprint density at radius 1 is 1.29 bits per heavy atom. The number of anilines is 1. The minimum Gasteiger partial charge on any atom is -0.342 e. The quantitative estimate of drug-likeness (QED) is 0.773. The molecule has 0 aliphatic carbocycles. The van der Waals surface area contributed by atoms with Crippen LogP contribution >= 0.6 is 11.3 Å². The van der Waals surface area contributed by atoms with Crippen LogP contribution in [-0.4, -0.2) is 49.0 Å². The van der Waals surface area contributed by atoms with E-state index in [-0.39, 0.29) is 34.8 Å². The van der Waals surface area contributed by atoms with Crippen molar-refractivity contribution in [2.24, 2.45) is 5.92 Å². The molecule has 2 heterocycles. The number of nitrogens with zero attached hydrogens (tertiary/aromatic N) is 2. The molecule has 1 aromatic heterocycles. The van der Waals surface area contributed by atoms with Crippen molar-refractivity contribution in [1.29, 1.82) is 0 Å². The lowest BCUT2D eigenvalue weighted by Crippen LogP contribution is -2.44. The van der Waals surface area contributed by atoms with Crippen LogP contribution in [0.15, 0.2) is 40.7 Å². The molecule has 1 N–H and O–H groups in total. The van der Waals surface area contributed by atoms with Crippen molar-refractivity contribution in [3.05, 3.63) is 41.4 Å². The molecule has 2 amide bonds. The molecule has 2 aromatic rings. The Kier molecular flexibility index (Phi) is 6.46. The molecule has 1 aliphatic heterocycles. The molecule has 0 bridgehead atoms. The average molecular weight is 422 g/mol. The number of hydrogen-bond donors (Lipinski definition) is 1. The number of carbonyl (C=O) groups excluding carboxylic acids is 2. The third-order valence-corrected chi connectivity index (χ3v) is 7.19. The molecular weight excluding hydrogens is 398 g/mol. The zero-order valence-electron chi connectivity index (χ0n) is 15.6. The number of hydrogen-bond acceptors (Lipinski definition) is 6. The van der Waals surface area contributed by atoms with E-state index < -0.39 is 9.84 Å².